The third-order valence-corrected chi connectivity index (χ3v) is 5.20. The summed E-state index contributed by atoms with van der Waals surface area (Å²) in [5, 5.41) is 6.84. The summed E-state index contributed by atoms with van der Waals surface area (Å²) in [6.45, 7) is 2.90. The summed E-state index contributed by atoms with van der Waals surface area (Å²) < 4.78 is 37.0. The number of halogens is 2. The summed E-state index contributed by atoms with van der Waals surface area (Å²) in [4.78, 5) is 20.2. The second-order valence-electron chi connectivity index (χ2n) is 7.53. The van der Waals surface area contributed by atoms with Crippen molar-refractivity contribution >= 4 is 6.03 Å². The molecule has 0 aliphatic carbocycles. The van der Waals surface area contributed by atoms with E-state index in [9.17, 15) is 13.6 Å². The number of nitrogens with one attached hydrogen (secondary N) is 1. The van der Waals surface area contributed by atoms with Crippen molar-refractivity contribution in [2.45, 2.75) is 20.0 Å². The topological polar surface area (TPSA) is 113 Å². The van der Waals surface area contributed by atoms with Gasteiger partial charge in [-0.05, 0) is 36.8 Å². The minimum Gasteiger partial charge on any atom is -0.491 e. The van der Waals surface area contributed by atoms with Crippen LogP contribution in [0.3, 0.4) is 0 Å². The Morgan fingerprint density at radius 3 is 2.82 bits per heavy atom. The predicted octanol–water partition coefficient (Wildman–Crippen LogP) is 2.95. The third kappa shape index (κ3) is 3.88. The first kappa shape index (κ1) is 20.6. The first-order valence-electron chi connectivity index (χ1n) is 10.1. The van der Waals surface area contributed by atoms with Gasteiger partial charge >= 0.3 is 6.03 Å². The highest BCUT2D eigenvalue weighted by Crippen LogP contribution is 2.34. The number of amides is 2. The van der Waals surface area contributed by atoms with E-state index in [1.807, 2.05) is 22.8 Å². The molecule has 168 valence electrons. The lowest BCUT2D eigenvalue weighted by Crippen LogP contribution is -2.28. The van der Waals surface area contributed by atoms with Gasteiger partial charge in [0, 0.05) is 18.8 Å². The summed E-state index contributed by atoms with van der Waals surface area (Å²) in [5.41, 5.74) is 7.30. The van der Waals surface area contributed by atoms with E-state index in [0.29, 0.717) is 42.1 Å². The number of fused-ring (bicyclic) bond motifs is 3. The van der Waals surface area contributed by atoms with Crippen molar-refractivity contribution in [1.82, 2.24) is 29.6 Å². The first-order chi connectivity index (χ1) is 15.9. The SMILES string of the molecule is Cc1nc(-c2cn3c(n2)-c2ccc(CNC(N)=O)cc2OCC3)n(-c2ccc(F)cc2F)n1. The number of hydrogen-bond donors (Lipinski definition) is 2. The fraction of sp³-hybridized carbons (Fsp3) is 0.182. The van der Waals surface area contributed by atoms with Gasteiger partial charge in [0.2, 0.25) is 0 Å². The van der Waals surface area contributed by atoms with Crippen LogP contribution in [0.5, 0.6) is 5.75 Å². The van der Waals surface area contributed by atoms with Crippen molar-refractivity contribution in [1.29, 1.82) is 0 Å². The molecule has 11 heteroatoms. The number of imidazole rings is 1. The lowest BCUT2D eigenvalue weighted by molar-refractivity contribution is 0.248. The van der Waals surface area contributed by atoms with Crippen LogP contribution in [0.4, 0.5) is 13.6 Å². The minimum absolute atomic E-state index is 0.0746. The molecule has 3 N–H and O–H groups in total. The number of urea groups is 1. The Morgan fingerprint density at radius 2 is 2.03 bits per heavy atom. The van der Waals surface area contributed by atoms with Crippen LogP contribution in [0.2, 0.25) is 0 Å². The molecule has 2 aromatic carbocycles. The van der Waals surface area contributed by atoms with Crippen LogP contribution in [0, 0.1) is 18.6 Å². The summed E-state index contributed by atoms with van der Waals surface area (Å²) >= 11 is 0. The smallest absolute Gasteiger partial charge is 0.312 e. The maximum Gasteiger partial charge on any atom is 0.312 e. The van der Waals surface area contributed by atoms with E-state index in [4.69, 9.17) is 15.5 Å². The van der Waals surface area contributed by atoms with Crippen molar-refractivity contribution < 1.29 is 18.3 Å². The molecular weight excluding hydrogens is 432 g/mol. The molecule has 2 amide bonds. The molecule has 0 radical (unpaired) electrons. The van der Waals surface area contributed by atoms with Crippen LogP contribution < -0.4 is 15.8 Å². The molecule has 9 nitrogen and oxygen atoms in total. The quantitative estimate of drug-likeness (QED) is 0.495. The molecule has 0 fully saturated rings. The number of aryl methyl sites for hydroxylation is 1. The maximum absolute atomic E-state index is 14.5. The van der Waals surface area contributed by atoms with Crippen LogP contribution >= 0.6 is 0 Å². The van der Waals surface area contributed by atoms with Gasteiger partial charge < -0.3 is 20.4 Å². The summed E-state index contributed by atoms with van der Waals surface area (Å²) in [7, 11) is 0. The summed E-state index contributed by atoms with van der Waals surface area (Å²) in [5.74, 6) is 0.606. The Bertz CT molecular complexity index is 1380. The molecule has 33 heavy (non-hydrogen) atoms. The monoisotopic (exact) mass is 451 g/mol. The molecule has 0 spiro atoms. The van der Waals surface area contributed by atoms with Gasteiger partial charge in [-0.25, -0.2) is 28.2 Å². The number of benzene rings is 2. The van der Waals surface area contributed by atoms with Gasteiger partial charge in [-0.2, -0.15) is 5.10 Å². The number of carbonyl (C=O) groups excluding carboxylic acids is 1. The second-order valence-corrected chi connectivity index (χ2v) is 7.53. The first-order valence-corrected chi connectivity index (χ1v) is 10.1. The third-order valence-electron chi connectivity index (χ3n) is 5.20. The van der Waals surface area contributed by atoms with Crippen molar-refractivity contribution in [2.24, 2.45) is 5.73 Å². The standard InChI is InChI=1S/C22H19F2N7O2/c1-12-27-21(31(29-12)18-5-3-14(23)9-16(18)24)17-11-30-6-7-33-19-8-13(10-26-22(25)32)2-4-15(19)20(30)28-17/h2-5,8-9,11H,6-7,10H2,1H3,(H3,25,26,32). The van der Waals surface area contributed by atoms with Crippen molar-refractivity contribution in [3.8, 4) is 34.3 Å². The van der Waals surface area contributed by atoms with E-state index in [1.54, 1.807) is 13.1 Å². The van der Waals surface area contributed by atoms with Gasteiger partial charge in [-0.1, -0.05) is 6.07 Å². The largest absolute Gasteiger partial charge is 0.491 e. The molecule has 0 unspecified atom stereocenters. The predicted molar refractivity (Wildman–Crippen MR) is 115 cm³/mol. The molecule has 0 bridgehead atoms. The van der Waals surface area contributed by atoms with E-state index in [2.05, 4.69) is 15.4 Å². The van der Waals surface area contributed by atoms with E-state index in [-0.39, 0.29) is 12.2 Å². The van der Waals surface area contributed by atoms with Crippen LogP contribution in [-0.2, 0) is 13.1 Å². The average Bonchev–Trinajstić information content (AvgIpc) is 3.31. The number of primary amides is 1. The molecule has 4 aromatic rings. The fourth-order valence-corrected chi connectivity index (χ4v) is 3.73. The number of rotatable bonds is 4. The molecule has 5 rings (SSSR count). The summed E-state index contributed by atoms with van der Waals surface area (Å²) in [6.07, 6.45) is 1.80. The van der Waals surface area contributed by atoms with Crippen molar-refractivity contribution in [2.75, 3.05) is 6.61 Å². The van der Waals surface area contributed by atoms with Gasteiger partial charge in [0.1, 0.15) is 41.2 Å². The Balaban J connectivity index is 1.56. The summed E-state index contributed by atoms with van der Waals surface area (Å²) in [6, 6.07) is 8.21. The highest BCUT2D eigenvalue weighted by atomic mass is 19.1. The van der Waals surface area contributed by atoms with Gasteiger partial charge in [0.05, 0.1) is 12.1 Å². The fourth-order valence-electron chi connectivity index (χ4n) is 3.73. The number of carbonyl (C=O) groups is 1. The van der Waals surface area contributed by atoms with Crippen molar-refractivity contribution in [3.05, 3.63) is 65.6 Å². The Morgan fingerprint density at radius 1 is 1.18 bits per heavy atom. The van der Waals surface area contributed by atoms with Gasteiger partial charge in [0.25, 0.3) is 0 Å². The Labute approximate surface area is 186 Å². The van der Waals surface area contributed by atoms with Gasteiger partial charge in [-0.3, -0.25) is 0 Å². The number of nitrogens with two attached hydrogens (primary N) is 1. The maximum atomic E-state index is 14.5. The highest BCUT2D eigenvalue weighted by Gasteiger charge is 2.23. The van der Waals surface area contributed by atoms with Crippen LogP contribution in [0.25, 0.3) is 28.6 Å². The van der Waals surface area contributed by atoms with E-state index in [1.165, 1.54) is 16.8 Å². The highest BCUT2D eigenvalue weighted by molar-refractivity contribution is 5.72. The molecule has 0 saturated heterocycles. The Kier molecular flexibility index (Phi) is 5.00. The zero-order valence-electron chi connectivity index (χ0n) is 17.5. The van der Waals surface area contributed by atoms with E-state index < -0.39 is 17.7 Å². The number of hydrogen-bond acceptors (Lipinski definition) is 5. The van der Waals surface area contributed by atoms with Crippen LogP contribution in [0.15, 0.2) is 42.6 Å². The molecule has 0 saturated carbocycles. The van der Waals surface area contributed by atoms with Crippen LogP contribution in [0.1, 0.15) is 11.4 Å². The van der Waals surface area contributed by atoms with E-state index >= 15 is 0 Å². The molecule has 3 heterocycles. The zero-order valence-corrected chi connectivity index (χ0v) is 17.5. The lowest BCUT2D eigenvalue weighted by Gasteiger charge is -2.09. The second kappa shape index (κ2) is 8.01. The minimum atomic E-state index is -0.752. The molecule has 2 aromatic heterocycles. The average molecular weight is 451 g/mol. The number of ether oxygens (including phenoxy) is 1. The van der Waals surface area contributed by atoms with Gasteiger partial charge in [0.15, 0.2) is 11.6 Å². The van der Waals surface area contributed by atoms with Gasteiger partial charge in [-0.15, -0.1) is 0 Å². The molecule has 0 atom stereocenters. The number of aromatic nitrogens is 5. The molecular formula is C22H19F2N7O2. The molecule has 1 aliphatic heterocycles. The zero-order chi connectivity index (χ0) is 23.1. The van der Waals surface area contributed by atoms with Crippen molar-refractivity contribution in [3.63, 3.8) is 0 Å². The molecule has 1 aliphatic rings. The normalized spacial score (nSPS) is 12.5. The van der Waals surface area contributed by atoms with E-state index in [0.717, 1.165) is 17.2 Å². The lowest BCUT2D eigenvalue weighted by atomic mass is 10.1. The van der Waals surface area contributed by atoms with Crippen LogP contribution in [-0.4, -0.2) is 37.0 Å². The Hall–Kier alpha value is -4.28. The number of nitrogens with zero attached hydrogens (tertiary/aromatic N) is 5.